The molecule has 0 bridgehead atoms. The Morgan fingerprint density at radius 1 is 1.00 bits per heavy atom. The fourth-order valence-corrected chi connectivity index (χ4v) is 4.85. The molecule has 0 amide bonds. The zero-order chi connectivity index (χ0) is 17.5. The van der Waals surface area contributed by atoms with Crippen molar-refractivity contribution >= 4 is 29.5 Å². The number of piperidine rings is 1. The summed E-state index contributed by atoms with van der Waals surface area (Å²) in [4.78, 5) is 8.35. The molecule has 0 radical (unpaired) electrons. The van der Waals surface area contributed by atoms with Crippen molar-refractivity contribution in [1.29, 1.82) is 0 Å². The molecule has 5 heteroatoms. The van der Waals surface area contributed by atoms with Crippen molar-refractivity contribution in [3.63, 3.8) is 0 Å². The van der Waals surface area contributed by atoms with E-state index in [0.717, 1.165) is 18.5 Å². The molecule has 3 nitrogen and oxygen atoms in total. The van der Waals surface area contributed by atoms with Gasteiger partial charge in [-0.1, -0.05) is 31.5 Å². The van der Waals surface area contributed by atoms with E-state index in [2.05, 4.69) is 46.5 Å². The Morgan fingerprint density at radius 2 is 1.72 bits per heavy atom. The lowest BCUT2D eigenvalue weighted by Crippen LogP contribution is -2.22. The number of pyridine rings is 1. The highest BCUT2D eigenvalue weighted by molar-refractivity contribution is 7.99. The van der Waals surface area contributed by atoms with Gasteiger partial charge in [0.05, 0.1) is 5.69 Å². The Morgan fingerprint density at radius 3 is 2.44 bits per heavy atom. The quantitative estimate of drug-likeness (QED) is 0.635. The molecule has 0 atom stereocenters. The predicted octanol–water partition coefficient (Wildman–Crippen LogP) is 5.65. The van der Waals surface area contributed by atoms with Crippen molar-refractivity contribution in [2.75, 3.05) is 18.8 Å². The van der Waals surface area contributed by atoms with Gasteiger partial charge in [0.1, 0.15) is 5.82 Å². The van der Waals surface area contributed by atoms with Gasteiger partial charge in [-0.15, -0.1) is 0 Å². The van der Waals surface area contributed by atoms with Gasteiger partial charge >= 0.3 is 0 Å². The summed E-state index contributed by atoms with van der Waals surface area (Å²) in [6, 6.07) is 12.9. The normalized spacial score (nSPS) is 15.4. The van der Waals surface area contributed by atoms with Crippen LogP contribution in [-0.2, 0) is 6.42 Å². The fourth-order valence-electron chi connectivity index (χ4n) is 2.92. The SMILES string of the molecule is CCCCc1nc(N)ccc1Sc1ccc(SN2CCCCC2)cc1. The van der Waals surface area contributed by atoms with Crippen molar-refractivity contribution in [2.24, 2.45) is 0 Å². The monoisotopic (exact) mass is 373 g/mol. The molecule has 3 rings (SSSR count). The summed E-state index contributed by atoms with van der Waals surface area (Å²) in [5, 5.41) is 0. The van der Waals surface area contributed by atoms with Gasteiger partial charge in [-0.3, -0.25) is 0 Å². The molecule has 134 valence electrons. The van der Waals surface area contributed by atoms with E-state index in [1.165, 1.54) is 53.5 Å². The summed E-state index contributed by atoms with van der Waals surface area (Å²) in [7, 11) is 0. The fraction of sp³-hybridized carbons (Fsp3) is 0.450. The number of aryl methyl sites for hydroxylation is 1. The van der Waals surface area contributed by atoms with Crippen molar-refractivity contribution in [1.82, 2.24) is 9.29 Å². The summed E-state index contributed by atoms with van der Waals surface area (Å²) < 4.78 is 2.48. The first-order valence-corrected chi connectivity index (χ1v) is 10.8. The van der Waals surface area contributed by atoms with Crippen LogP contribution >= 0.6 is 23.7 Å². The molecule has 1 saturated heterocycles. The van der Waals surface area contributed by atoms with Crippen molar-refractivity contribution in [3.05, 3.63) is 42.1 Å². The van der Waals surface area contributed by atoms with Gasteiger partial charge in [-0.05, 0) is 74.0 Å². The molecule has 2 N–H and O–H groups in total. The van der Waals surface area contributed by atoms with Gasteiger partial charge in [0.25, 0.3) is 0 Å². The lowest BCUT2D eigenvalue weighted by molar-refractivity contribution is 0.380. The third-order valence-corrected chi connectivity index (χ3v) is 6.53. The molecular formula is C20H27N3S2. The van der Waals surface area contributed by atoms with E-state index in [0.29, 0.717) is 5.82 Å². The number of unbranched alkanes of at least 4 members (excludes halogenated alkanes) is 1. The predicted molar refractivity (Wildman–Crippen MR) is 109 cm³/mol. The van der Waals surface area contributed by atoms with Gasteiger partial charge in [-0.25, -0.2) is 9.29 Å². The van der Waals surface area contributed by atoms with Crippen molar-refractivity contribution in [2.45, 2.75) is 60.1 Å². The second-order valence-electron chi connectivity index (χ2n) is 6.44. The third kappa shape index (κ3) is 5.66. The second kappa shape index (κ2) is 9.51. The molecule has 1 aliphatic rings. The van der Waals surface area contributed by atoms with Gasteiger partial charge < -0.3 is 5.73 Å². The van der Waals surface area contributed by atoms with Crippen LogP contribution in [0.25, 0.3) is 0 Å². The molecule has 25 heavy (non-hydrogen) atoms. The molecule has 0 spiro atoms. The zero-order valence-corrected chi connectivity index (χ0v) is 16.5. The van der Waals surface area contributed by atoms with Crippen molar-refractivity contribution in [3.8, 4) is 0 Å². The maximum atomic E-state index is 5.87. The first kappa shape index (κ1) is 18.6. The van der Waals surface area contributed by atoms with E-state index in [-0.39, 0.29) is 0 Å². The largest absolute Gasteiger partial charge is 0.384 e. The molecule has 2 heterocycles. The second-order valence-corrected chi connectivity index (χ2v) is 8.72. The van der Waals surface area contributed by atoms with Crippen molar-refractivity contribution < 1.29 is 0 Å². The Bertz CT molecular complexity index is 667. The molecule has 1 aromatic carbocycles. The van der Waals surface area contributed by atoms with Crippen LogP contribution in [0.2, 0.25) is 0 Å². The summed E-state index contributed by atoms with van der Waals surface area (Å²) in [6.07, 6.45) is 7.34. The average molecular weight is 374 g/mol. The van der Waals surface area contributed by atoms with Gasteiger partial charge in [-0.2, -0.15) is 0 Å². The standard InChI is InChI=1S/C20H27N3S2/c1-2-3-7-18-19(12-13-20(21)22-18)24-16-8-10-17(11-9-16)25-23-14-5-4-6-15-23/h8-13H,2-7,14-15H2,1H3,(H2,21,22). The molecule has 0 unspecified atom stereocenters. The smallest absolute Gasteiger partial charge is 0.123 e. The maximum absolute atomic E-state index is 5.87. The number of nitrogens with zero attached hydrogens (tertiary/aromatic N) is 2. The molecule has 1 aromatic heterocycles. The molecule has 2 aromatic rings. The molecular weight excluding hydrogens is 346 g/mol. The summed E-state index contributed by atoms with van der Waals surface area (Å²) in [5.41, 5.74) is 7.00. The number of hydrogen-bond donors (Lipinski definition) is 1. The van der Waals surface area contributed by atoms with E-state index < -0.39 is 0 Å². The van der Waals surface area contributed by atoms with E-state index in [4.69, 9.17) is 5.73 Å². The summed E-state index contributed by atoms with van der Waals surface area (Å²) >= 11 is 3.68. The Balaban J connectivity index is 1.64. The number of benzene rings is 1. The topological polar surface area (TPSA) is 42.1 Å². The molecule has 1 fully saturated rings. The van der Waals surface area contributed by atoms with Crippen LogP contribution in [0.5, 0.6) is 0 Å². The minimum Gasteiger partial charge on any atom is -0.384 e. The molecule has 1 aliphatic heterocycles. The van der Waals surface area contributed by atoms with E-state index in [1.54, 1.807) is 11.8 Å². The number of rotatable bonds is 7. The maximum Gasteiger partial charge on any atom is 0.123 e. The van der Waals surface area contributed by atoms with Crippen LogP contribution in [0.4, 0.5) is 5.82 Å². The third-order valence-electron chi connectivity index (χ3n) is 4.32. The minimum absolute atomic E-state index is 0.615. The van der Waals surface area contributed by atoms with E-state index in [9.17, 15) is 0 Å². The summed E-state index contributed by atoms with van der Waals surface area (Å²) in [6.45, 7) is 4.62. The highest BCUT2D eigenvalue weighted by atomic mass is 32.2. The Kier molecular flexibility index (Phi) is 7.08. The number of nitrogen functional groups attached to an aromatic ring is 1. The molecule has 0 aliphatic carbocycles. The highest BCUT2D eigenvalue weighted by Gasteiger charge is 2.12. The number of hydrogen-bond acceptors (Lipinski definition) is 5. The van der Waals surface area contributed by atoms with Crippen LogP contribution < -0.4 is 5.73 Å². The lowest BCUT2D eigenvalue weighted by atomic mass is 10.2. The first-order valence-electron chi connectivity index (χ1n) is 9.21. The molecule has 0 saturated carbocycles. The average Bonchev–Trinajstić information content (AvgIpc) is 2.64. The zero-order valence-electron chi connectivity index (χ0n) is 14.9. The van der Waals surface area contributed by atoms with Crippen LogP contribution in [0.15, 0.2) is 51.1 Å². The number of anilines is 1. The lowest BCUT2D eigenvalue weighted by Gasteiger charge is -2.25. The number of aromatic nitrogens is 1. The van der Waals surface area contributed by atoms with Crippen LogP contribution in [0.3, 0.4) is 0 Å². The van der Waals surface area contributed by atoms with E-state index >= 15 is 0 Å². The van der Waals surface area contributed by atoms with Crippen LogP contribution in [0.1, 0.15) is 44.7 Å². The Hall–Kier alpha value is -1.17. The van der Waals surface area contributed by atoms with Crippen LogP contribution in [0, 0.1) is 0 Å². The Labute approximate surface area is 159 Å². The van der Waals surface area contributed by atoms with Gasteiger partial charge in [0.2, 0.25) is 0 Å². The minimum atomic E-state index is 0.615. The van der Waals surface area contributed by atoms with Gasteiger partial charge in [0.15, 0.2) is 0 Å². The van der Waals surface area contributed by atoms with Gasteiger partial charge in [0, 0.05) is 27.8 Å². The first-order chi connectivity index (χ1) is 12.2. The van der Waals surface area contributed by atoms with E-state index in [1.807, 2.05) is 18.0 Å². The highest BCUT2D eigenvalue weighted by Crippen LogP contribution is 2.33. The number of nitrogens with two attached hydrogens (primary N) is 1. The summed E-state index contributed by atoms with van der Waals surface area (Å²) in [5.74, 6) is 0.615. The van der Waals surface area contributed by atoms with Crippen LogP contribution in [-0.4, -0.2) is 22.4 Å².